The van der Waals surface area contributed by atoms with Gasteiger partial charge in [0, 0.05) is 13.2 Å². The molecule has 2 rings (SSSR count). The van der Waals surface area contributed by atoms with Crippen LogP contribution in [0.5, 0.6) is 0 Å². The van der Waals surface area contributed by atoms with Crippen LogP contribution in [0.4, 0.5) is 0 Å². The lowest BCUT2D eigenvalue weighted by Crippen LogP contribution is -2.46. The van der Waals surface area contributed by atoms with Gasteiger partial charge in [-0.3, -0.25) is 5.43 Å². The fourth-order valence-corrected chi connectivity index (χ4v) is 1.78. The van der Waals surface area contributed by atoms with E-state index in [0.717, 1.165) is 12.8 Å². The standard InChI is InChI=1S/C10H20N4O/c1-15-10(5-2-6-10)7-12-9(14-11)13-8-3-4-8/h8H,2-7,11H2,1H3,(H2,12,13,14). The highest BCUT2D eigenvalue weighted by Crippen LogP contribution is 2.35. The van der Waals surface area contributed by atoms with Crippen molar-refractivity contribution < 1.29 is 4.74 Å². The molecule has 0 aliphatic heterocycles. The molecule has 0 aromatic heterocycles. The zero-order chi connectivity index (χ0) is 10.7. The molecule has 86 valence electrons. The molecule has 0 radical (unpaired) electrons. The predicted octanol–water partition coefficient (Wildman–Crippen LogP) is 0.127. The van der Waals surface area contributed by atoms with Gasteiger partial charge in [-0.25, -0.2) is 10.8 Å². The summed E-state index contributed by atoms with van der Waals surface area (Å²) in [5.41, 5.74) is 2.58. The lowest BCUT2D eigenvalue weighted by molar-refractivity contribution is -0.0630. The third kappa shape index (κ3) is 2.60. The Morgan fingerprint density at radius 1 is 1.53 bits per heavy atom. The van der Waals surface area contributed by atoms with Gasteiger partial charge in [0.15, 0.2) is 0 Å². The van der Waals surface area contributed by atoms with Crippen molar-refractivity contribution >= 4 is 5.96 Å². The molecule has 0 aromatic carbocycles. The minimum absolute atomic E-state index is 0.0205. The monoisotopic (exact) mass is 212 g/mol. The Hall–Kier alpha value is -0.810. The molecule has 2 fully saturated rings. The van der Waals surface area contributed by atoms with Crippen LogP contribution in [0.2, 0.25) is 0 Å². The molecule has 0 aromatic rings. The number of rotatable bonds is 4. The van der Waals surface area contributed by atoms with E-state index in [1.54, 1.807) is 7.11 Å². The molecule has 0 unspecified atom stereocenters. The Bertz CT molecular complexity index is 240. The molecule has 4 N–H and O–H groups in total. The molecule has 0 heterocycles. The number of nitrogens with two attached hydrogens (primary N) is 1. The van der Waals surface area contributed by atoms with Crippen molar-refractivity contribution in [2.75, 3.05) is 13.7 Å². The average Bonchev–Trinajstić information content (AvgIpc) is 2.99. The largest absolute Gasteiger partial charge is 0.376 e. The second-order valence-electron chi connectivity index (χ2n) is 4.47. The summed E-state index contributed by atoms with van der Waals surface area (Å²) in [5, 5.41) is 3.24. The van der Waals surface area contributed by atoms with Crippen LogP contribution in [0.1, 0.15) is 32.1 Å². The first-order chi connectivity index (χ1) is 7.28. The molecule has 0 bridgehead atoms. The molecule has 2 aliphatic carbocycles. The van der Waals surface area contributed by atoms with E-state index in [9.17, 15) is 0 Å². The molecule has 2 aliphatic rings. The number of hydrogen-bond donors (Lipinski definition) is 3. The third-order valence-electron chi connectivity index (χ3n) is 3.28. The van der Waals surface area contributed by atoms with Crippen molar-refractivity contribution in [1.29, 1.82) is 0 Å². The van der Waals surface area contributed by atoms with Crippen molar-refractivity contribution in [2.24, 2.45) is 10.8 Å². The van der Waals surface area contributed by atoms with Gasteiger partial charge in [0.1, 0.15) is 0 Å². The number of aliphatic imine (C=N–C) groups is 1. The maximum Gasteiger partial charge on any atom is 0.206 e. The van der Waals surface area contributed by atoms with E-state index < -0.39 is 0 Å². The summed E-state index contributed by atoms with van der Waals surface area (Å²) in [6, 6.07) is 0.569. The zero-order valence-corrected chi connectivity index (χ0v) is 9.25. The first-order valence-electron chi connectivity index (χ1n) is 5.61. The number of nitrogens with one attached hydrogen (secondary N) is 2. The molecule has 0 saturated heterocycles. The van der Waals surface area contributed by atoms with E-state index in [1.165, 1.54) is 19.3 Å². The Labute approximate surface area is 90.4 Å². The van der Waals surface area contributed by atoms with Gasteiger partial charge in [-0.2, -0.15) is 0 Å². The van der Waals surface area contributed by atoms with Crippen LogP contribution in [0.15, 0.2) is 4.99 Å². The van der Waals surface area contributed by atoms with E-state index in [0.29, 0.717) is 18.5 Å². The molecule has 0 atom stereocenters. The van der Waals surface area contributed by atoms with E-state index in [4.69, 9.17) is 10.6 Å². The van der Waals surface area contributed by atoms with E-state index in [2.05, 4.69) is 15.7 Å². The SMILES string of the molecule is COC1(CN=C(NN)NC2CC2)CCC1. The van der Waals surface area contributed by atoms with Gasteiger partial charge in [0.05, 0.1) is 12.1 Å². The van der Waals surface area contributed by atoms with Crippen LogP contribution in [-0.2, 0) is 4.74 Å². The lowest BCUT2D eigenvalue weighted by Gasteiger charge is -2.39. The van der Waals surface area contributed by atoms with Gasteiger partial charge >= 0.3 is 0 Å². The van der Waals surface area contributed by atoms with Crippen LogP contribution in [0.25, 0.3) is 0 Å². The van der Waals surface area contributed by atoms with Crippen molar-refractivity contribution in [3.63, 3.8) is 0 Å². The quantitative estimate of drug-likeness (QED) is 0.268. The highest BCUT2D eigenvalue weighted by molar-refractivity contribution is 5.79. The van der Waals surface area contributed by atoms with Crippen LogP contribution >= 0.6 is 0 Å². The molecule has 0 amide bonds. The fraction of sp³-hybridized carbons (Fsp3) is 0.900. The summed E-state index contributed by atoms with van der Waals surface area (Å²) < 4.78 is 5.49. The predicted molar refractivity (Wildman–Crippen MR) is 59.4 cm³/mol. The third-order valence-corrected chi connectivity index (χ3v) is 3.28. The van der Waals surface area contributed by atoms with Gasteiger partial charge in [0.2, 0.25) is 5.96 Å². The maximum atomic E-state index is 5.49. The van der Waals surface area contributed by atoms with Gasteiger partial charge in [-0.05, 0) is 32.1 Å². The van der Waals surface area contributed by atoms with Gasteiger partial charge in [-0.1, -0.05) is 0 Å². The summed E-state index contributed by atoms with van der Waals surface area (Å²) in [7, 11) is 1.76. The Balaban J connectivity index is 1.83. The Kier molecular flexibility index (Phi) is 3.11. The Morgan fingerprint density at radius 3 is 2.67 bits per heavy atom. The normalized spacial score (nSPS) is 24.5. The maximum absolute atomic E-state index is 5.49. The van der Waals surface area contributed by atoms with Crippen molar-refractivity contribution in [3.05, 3.63) is 0 Å². The van der Waals surface area contributed by atoms with Crippen LogP contribution in [0, 0.1) is 0 Å². The van der Waals surface area contributed by atoms with Crippen molar-refractivity contribution in [3.8, 4) is 0 Å². The van der Waals surface area contributed by atoms with Gasteiger partial charge in [-0.15, -0.1) is 0 Å². The molecule has 0 spiro atoms. The highest BCUT2D eigenvalue weighted by Gasteiger charge is 2.37. The van der Waals surface area contributed by atoms with Gasteiger partial charge < -0.3 is 10.1 Å². The van der Waals surface area contributed by atoms with Crippen LogP contribution in [-0.4, -0.2) is 31.3 Å². The molecular formula is C10H20N4O. The number of guanidine groups is 1. The number of hydrazine groups is 1. The number of nitrogens with zero attached hydrogens (tertiary/aromatic N) is 1. The minimum atomic E-state index is -0.0205. The average molecular weight is 212 g/mol. The van der Waals surface area contributed by atoms with E-state index in [1.807, 2.05) is 0 Å². The van der Waals surface area contributed by atoms with Crippen molar-refractivity contribution in [1.82, 2.24) is 10.7 Å². The second-order valence-corrected chi connectivity index (χ2v) is 4.47. The summed E-state index contributed by atoms with van der Waals surface area (Å²) in [4.78, 5) is 4.43. The molecule has 15 heavy (non-hydrogen) atoms. The lowest BCUT2D eigenvalue weighted by atomic mass is 9.80. The topological polar surface area (TPSA) is 71.7 Å². The van der Waals surface area contributed by atoms with E-state index >= 15 is 0 Å². The minimum Gasteiger partial charge on any atom is -0.376 e. The van der Waals surface area contributed by atoms with Crippen LogP contribution in [0.3, 0.4) is 0 Å². The summed E-state index contributed by atoms with van der Waals surface area (Å²) >= 11 is 0. The van der Waals surface area contributed by atoms with Crippen molar-refractivity contribution in [2.45, 2.75) is 43.7 Å². The molecule has 5 heteroatoms. The number of hydrogen-bond acceptors (Lipinski definition) is 3. The zero-order valence-electron chi connectivity index (χ0n) is 9.25. The first kappa shape index (κ1) is 10.7. The van der Waals surface area contributed by atoms with Gasteiger partial charge in [0.25, 0.3) is 0 Å². The molecule has 5 nitrogen and oxygen atoms in total. The second kappa shape index (κ2) is 4.37. The highest BCUT2D eigenvalue weighted by atomic mass is 16.5. The first-order valence-corrected chi connectivity index (χ1v) is 5.61. The summed E-state index contributed by atoms with van der Waals surface area (Å²) in [5.74, 6) is 6.09. The smallest absolute Gasteiger partial charge is 0.206 e. The summed E-state index contributed by atoms with van der Waals surface area (Å²) in [6.07, 6.45) is 5.89. The number of methoxy groups -OCH3 is 1. The van der Waals surface area contributed by atoms with E-state index in [-0.39, 0.29) is 5.60 Å². The molecular weight excluding hydrogens is 192 g/mol. The fourth-order valence-electron chi connectivity index (χ4n) is 1.78. The van der Waals surface area contributed by atoms with Crippen LogP contribution < -0.4 is 16.6 Å². The summed E-state index contributed by atoms with van der Waals surface area (Å²) in [6.45, 7) is 0.697. The molecule has 2 saturated carbocycles. The Morgan fingerprint density at radius 2 is 2.27 bits per heavy atom. The number of ether oxygens (including phenoxy) is 1.